The van der Waals surface area contributed by atoms with Crippen LogP contribution in [-0.4, -0.2) is 40.7 Å². The fourth-order valence-corrected chi connectivity index (χ4v) is 3.69. The van der Waals surface area contributed by atoms with Gasteiger partial charge in [-0.3, -0.25) is 14.4 Å². The highest BCUT2D eigenvalue weighted by Gasteiger charge is 2.34. The Hall–Kier alpha value is -1.95. The van der Waals surface area contributed by atoms with Crippen LogP contribution >= 0.6 is 0 Å². The summed E-state index contributed by atoms with van der Waals surface area (Å²) in [6.07, 6.45) is 2.81. The molecule has 3 N–H and O–H groups in total. The molecule has 2 aliphatic rings. The minimum atomic E-state index is -0.415. The number of hydrogen-bond acceptors (Lipinski definition) is 4. The van der Waals surface area contributed by atoms with E-state index in [9.17, 15) is 14.4 Å². The summed E-state index contributed by atoms with van der Waals surface area (Å²) < 4.78 is 0. The first-order valence-electron chi connectivity index (χ1n) is 8.13. The molecule has 124 valence electrons. The molecular weight excluding hydrogens is 294 g/mol. The van der Waals surface area contributed by atoms with Crippen molar-refractivity contribution >= 4 is 11.7 Å². The van der Waals surface area contributed by atoms with E-state index in [4.69, 9.17) is 5.73 Å². The molecule has 0 radical (unpaired) electrons. The number of likely N-dealkylation sites (tertiary alicyclic amines) is 1. The second-order valence-corrected chi connectivity index (χ2v) is 7.38. The van der Waals surface area contributed by atoms with Crippen molar-refractivity contribution in [2.75, 3.05) is 13.1 Å². The zero-order chi connectivity index (χ0) is 16.8. The number of nitrogens with one attached hydrogen (secondary N) is 1. The summed E-state index contributed by atoms with van der Waals surface area (Å²) in [4.78, 5) is 41.8. The maximum atomic E-state index is 12.7. The van der Waals surface area contributed by atoms with E-state index in [1.54, 1.807) is 4.90 Å². The summed E-state index contributed by atoms with van der Waals surface area (Å²) in [6, 6.07) is 1.47. The number of rotatable bonds is 2. The summed E-state index contributed by atoms with van der Waals surface area (Å²) in [5.41, 5.74) is 6.30. The first kappa shape index (κ1) is 15.9. The van der Waals surface area contributed by atoms with E-state index >= 15 is 0 Å². The van der Waals surface area contributed by atoms with Crippen molar-refractivity contribution < 1.29 is 9.59 Å². The van der Waals surface area contributed by atoms with Crippen molar-refractivity contribution in [3.63, 3.8) is 0 Å². The average molecular weight is 317 g/mol. The molecule has 0 saturated carbocycles. The molecule has 1 atom stereocenters. The van der Waals surface area contributed by atoms with Gasteiger partial charge in [0.1, 0.15) is 5.56 Å². The van der Waals surface area contributed by atoms with Crippen molar-refractivity contribution in [2.24, 2.45) is 11.1 Å². The van der Waals surface area contributed by atoms with Gasteiger partial charge in [-0.15, -0.1) is 0 Å². The Kier molecular flexibility index (Phi) is 3.88. The van der Waals surface area contributed by atoms with Crippen molar-refractivity contribution in [1.29, 1.82) is 0 Å². The summed E-state index contributed by atoms with van der Waals surface area (Å²) in [7, 11) is 0. The monoisotopic (exact) mass is 317 g/mol. The molecule has 1 aromatic rings. The number of aromatic nitrogens is 1. The Morgan fingerprint density at radius 1 is 1.39 bits per heavy atom. The molecule has 0 aromatic carbocycles. The van der Waals surface area contributed by atoms with Crippen LogP contribution in [0.25, 0.3) is 0 Å². The number of hydrogen-bond donors (Lipinski definition) is 2. The molecule has 1 amide bonds. The van der Waals surface area contributed by atoms with Crippen LogP contribution in [0, 0.1) is 5.41 Å². The Bertz CT molecular complexity index is 720. The number of Topliss-reactive ketones (excluding diaryl/α,β-unsaturated/α-hetero) is 1. The first-order valence-corrected chi connectivity index (χ1v) is 8.13. The van der Waals surface area contributed by atoms with E-state index in [2.05, 4.69) is 4.98 Å². The molecule has 1 unspecified atom stereocenters. The summed E-state index contributed by atoms with van der Waals surface area (Å²) >= 11 is 0. The molecule has 2 heterocycles. The fraction of sp³-hybridized carbons (Fsp3) is 0.588. The number of nitrogens with two attached hydrogens (primary N) is 1. The molecule has 1 fully saturated rings. The lowest BCUT2D eigenvalue weighted by atomic mass is 9.75. The molecular formula is C17H23N3O3. The molecule has 1 aliphatic carbocycles. The molecule has 1 saturated heterocycles. The van der Waals surface area contributed by atoms with Gasteiger partial charge in [0.15, 0.2) is 5.78 Å². The highest BCUT2D eigenvalue weighted by atomic mass is 16.2. The first-order chi connectivity index (χ1) is 10.8. The predicted octanol–water partition coefficient (Wildman–Crippen LogP) is 1.09. The Labute approximate surface area is 135 Å². The second-order valence-electron chi connectivity index (χ2n) is 7.38. The van der Waals surface area contributed by atoms with Crippen molar-refractivity contribution in [2.45, 2.75) is 45.6 Å². The normalized spacial score (nSPS) is 23.0. The SMILES string of the molecule is CC1(C)CC(=O)c2cc(C(=O)N3CCCC3CN)c(=O)[nH]c2C1. The standard InChI is InChI=1S/C17H23N3O3/c1-17(2)7-13-11(14(21)8-17)6-12(15(22)19-13)16(23)20-5-3-4-10(20)9-18/h6,10H,3-5,7-9,18H2,1-2H3,(H,19,22). The average Bonchev–Trinajstić information content (AvgIpc) is 2.93. The number of amides is 1. The maximum Gasteiger partial charge on any atom is 0.261 e. The number of fused-ring (bicyclic) bond motifs is 1. The van der Waals surface area contributed by atoms with E-state index in [1.165, 1.54) is 6.07 Å². The zero-order valence-electron chi connectivity index (χ0n) is 13.6. The molecule has 1 aromatic heterocycles. The van der Waals surface area contributed by atoms with Gasteiger partial charge in [-0.05, 0) is 30.7 Å². The summed E-state index contributed by atoms with van der Waals surface area (Å²) in [5.74, 6) is -0.335. The molecule has 23 heavy (non-hydrogen) atoms. The maximum absolute atomic E-state index is 12.7. The smallest absolute Gasteiger partial charge is 0.261 e. The molecule has 6 nitrogen and oxygen atoms in total. The minimum absolute atomic E-state index is 0.0154. The van der Waals surface area contributed by atoms with Gasteiger partial charge in [-0.2, -0.15) is 0 Å². The van der Waals surface area contributed by atoms with Crippen LogP contribution < -0.4 is 11.3 Å². The Morgan fingerprint density at radius 2 is 2.13 bits per heavy atom. The molecule has 1 aliphatic heterocycles. The molecule has 6 heteroatoms. The Morgan fingerprint density at radius 3 is 2.83 bits per heavy atom. The third kappa shape index (κ3) is 2.83. The van der Waals surface area contributed by atoms with Gasteiger partial charge < -0.3 is 15.6 Å². The number of ketones is 1. The number of carbonyl (C=O) groups excluding carboxylic acids is 2. The lowest BCUT2D eigenvalue weighted by Crippen LogP contribution is -2.42. The van der Waals surface area contributed by atoms with Crippen LogP contribution in [0.4, 0.5) is 0 Å². The lowest BCUT2D eigenvalue weighted by molar-refractivity contribution is 0.0739. The zero-order valence-corrected chi connectivity index (χ0v) is 13.6. The number of H-pyrrole nitrogens is 1. The highest BCUT2D eigenvalue weighted by Crippen LogP contribution is 2.33. The number of carbonyl (C=O) groups is 2. The molecule has 0 spiro atoms. The minimum Gasteiger partial charge on any atom is -0.334 e. The van der Waals surface area contributed by atoms with Crippen LogP contribution in [0.2, 0.25) is 0 Å². The quantitative estimate of drug-likeness (QED) is 0.853. The van der Waals surface area contributed by atoms with Crippen LogP contribution in [-0.2, 0) is 6.42 Å². The third-order valence-electron chi connectivity index (χ3n) is 4.86. The van der Waals surface area contributed by atoms with Gasteiger partial charge >= 0.3 is 0 Å². The largest absolute Gasteiger partial charge is 0.334 e. The van der Waals surface area contributed by atoms with E-state index in [0.717, 1.165) is 12.8 Å². The van der Waals surface area contributed by atoms with E-state index in [0.29, 0.717) is 37.2 Å². The fourth-order valence-electron chi connectivity index (χ4n) is 3.69. The van der Waals surface area contributed by atoms with E-state index < -0.39 is 5.56 Å². The topological polar surface area (TPSA) is 96.3 Å². The number of aromatic amines is 1. The lowest BCUT2D eigenvalue weighted by Gasteiger charge is -2.30. The van der Waals surface area contributed by atoms with Gasteiger partial charge in [0.25, 0.3) is 11.5 Å². The van der Waals surface area contributed by atoms with Crippen LogP contribution in [0.1, 0.15) is 59.5 Å². The van der Waals surface area contributed by atoms with Gasteiger partial charge in [-0.25, -0.2) is 0 Å². The Balaban J connectivity index is 1.99. The van der Waals surface area contributed by atoms with Crippen LogP contribution in [0.5, 0.6) is 0 Å². The van der Waals surface area contributed by atoms with Gasteiger partial charge in [0, 0.05) is 36.8 Å². The summed E-state index contributed by atoms with van der Waals surface area (Å²) in [6.45, 7) is 5.00. The van der Waals surface area contributed by atoms with Gasteiger partial charge in [0.05, 0.1) is 0 Å². The third-order valence-corrected chi connectivity index (χ3v) is 4.86. The van der Waals surface area contributed by atoms with Crippen molar-refractivity contribution in [3.05, 3.63) is 33.2 Å². The van der Waals surface area contributed by atoms with E-state index in [-0.39, 0.29) is 28.7 Å². The number of pyridine rings is 1. The van der Waals surface area contributed by atoms with Crippen molar-refractivity contribution in [3.8, 4) is 0 Å². The van der Waals surface area contributed by atoms with Gasteiger partial charge in [-0.1, -0.05) is 13.8 Å². The highest BCUT2D eigenvalue weighted by molar-refractivity contribution is 6.02. The van der Waals surface area contributed by atoms with E-state index in [1.807, 2.05) is 13.8 Å². The van der Waals surface area contributed by atoms with Gasteiger partial charge in [0.2, 0.25) is 0 Å². The number of nitrogens with zero attached hydrogens (tertiary/aromatic N) is 1. The predicted molar refractivity (Wildman–Crippen MR) is 86.6 cm³/mol. The van der Waals surface area contributed by atoms with Crippen LogP contribution in [0.15, 0.2) is 10.9 Å². The summed E-state index contributed by atoms with van der Waals surface area (Å²) in [5, 5.41) is 0. The molecule has 0 bridgehead atoms. The van der Waals surface area contributed by atoms with Crippen LogP contribution in [0.3, 0.4) is 0 Å². The van der Waals surface area contributed by atoms with Crippen molar-refractivity contribution in [1.82, 2.24) is 9.88 Å². The molecule has 3 rings (SSSR count). The second kappa shape index (κ2) is 5.60.